The maximum absolute atomic E-state index is 12.6. The summed E-state index contributed by atoms with van der Waals surface area (Å²) in [6.07, 6.45) is 2.06. The van der Waals surface area contributed by atoms with E-state index in [4.69, 9.17) is 0 Å². The van der Waals surface area contributed by atoms with Gasteiger partial charge < -0.3 is 20.0 Å². The Balaban J connectivity index is 2.54. The first-order valence-electron chi connectivity index (χ1n) is 7.90. The molecule has 1 aliphatic heterocycles. The summed E-state index contributed by atoms with van der Waals surface area (Å²) in [5, 5.41) is 3.21. The molecule has 1 heterocycles. The van der Waals surface area contributed by atoms with E-state index in [2.05, 4.69) is 43.3 Å². The maximum atomic E-state index is 12.6. The number of amides is 1. The zero-order valence-corrected chi connectivity index (χ0v) is 14.4. The molecule has 0 aromatic carbocycles. The van der Waals surface area contributed by atoms with Crippen LogP contribution in [0.2, 0.25) is 0 Å². The van der Waals surface area contributed by atoms with Crippen molar-refractivity contribution in [1.29, 1.82) is 0 Å². The van der Waals surface area contributed by atoms with Gasteiger partial charge in [-0.25, -0.2) is 0 Å². The lowest BCUT2D eigenvalue weighted by molar-refractivity contribution is -0.127. The fraction of sp³-hybridized carbons (Fsp3) is 0.812. The van der Waals surface area contributed by atoms with Gasteiger partial charge in [-0.3, -0.25) is 4.79 Å². The van der Waals surface area contributed by atoms with E-state index >= 15 is 0 Å². The third kappa shape index (κ3) is 6.59. The summed E-state index contributed by atoms with van der Waals surface area (Å²) in [6.45, 7) is 7.47. The number of carbonyl (C=O) groups excluding carboxylic acids is 1. The molecule has 0 aliphatic carbocycles. The number of rotatable bonds is 9. The number of nitrogens with zero attached hydrogens (tertiary/aromatic N) is 3. The van der Waals surface area contributed by atoms with Crippen molar-refractivity contribution in [1.82, 2.24) is 20.0 Å². The molecule has 0 bridgehead atoms. The molecule has 1 aliphatic rings. The largest absolute Gasteiger partial charge is 0.339 e. The van der Waals surface area contributed by atoms with Gasteiger partial charge in [-0.1, -0.05) is 0 Å². The topological polar surface area (TPSA) is 38.8 Å². The minimum atomic E-state index is 0.226. The number of carbonyl (C=O) groups is 1. The van der Waals surface area contributed by atoms with Crippen LogP contribution in [0.15, 0.2) is 11.1 Å². The Morgan fingerprint density at radius 2 is 1.43 bits per heavy atom. The number of hydrogen-bond donors (Lipinski definition) is 1. The normalized spacial score (nSPS) is 14.5. The van der Waals surface area contributed by atoms with Crippen molar-refractivity contribution < 1.29 is 4.79 Å². The average molecular weight is 296 g/mol. The van der Waals surface area contributed by atoms with Crippen molar-refractivity contribution in [2.24, 2.45) is 0 Å². The molecule has 1 N–H and O–H groups in total. The zero-order chi connectivity index (χ0) is 15.8. The molecule has 0 saturated carbocycles. The fourth-order valence-corrected chi connectivity index (χ4v) is 2.37. The lowest BCUT2D eigenvalue weighted by Crippen LogP contribution is -2.40. The molecule has 5 nitrogen and oxygen atoms in total. The Kier molecular flexibility index (Phi) is 7.93. The molecular weight excluding hydrogens is 264 g/mol. The van der Waals surface area contributed by atoms with Gasteiger partial charge in [0, 0.05) is 31.8 Å². The third-order valence-electron chi connectivity index (χ3n) is 3.88. The molecule has 21 heavy (non-hydrogen) atoms. The molecule has 1 rings (SSSR count). The van der Waals surface area contributed by atoms with Crippen molar-refractivity contribution in [2.75, 3.05) is 67.5 Å². The summed E-state index contributed by atoms with van der Waals surface area (Å²) in [4.78, 5) is 19.0. The van der Waals surface area contributed by atoms with Crippen LogP contribution in [0, 0.1) is 0 Å². The van der Waals surface area contributed by atoms with Gasteiger partial charge in [0.1, 0.15) is 0 Å². The Hall–Kier alpha value is -0.910. The molecule has 1 saturated heterocycles. The zero-order valence-electron chi connectivity index (χ0n) is 14.4. The molecule has 5 heteroatoms. The van der Waals surface area contributed by atoms with E-state index in [-0.39, 0.29) is 5.91 Å². The molecular formula is C16H32N4O. The van der Waals surface area contributed by atoms with Crippen molar-refractivity contribution in [3.05, 3.63) is 11.1 Å². The minimum Gasteiger partial charge on any atom is -0.339 e. The van der Waals surface area contributed by atoms with Gasteiger partial charge >= 0.3 is 0 Å². The first kappa shape index (κ1) is 18.1. The van der Waals surface area contributed by atoms with Crippen molar-refractivity contribution >= 4 is 5.91 Å². The molecule has 0 aromatic heterocycles. The second kappa shape index (κ2) is 9.18. The van der Waals surface area contributed by atoms with E-state index in [0.717, 1.165) is 57.7 Å². The van der Waals surface area contributed by atoms with Gasteiger partial charge in [0.05, 0.1) is 0 Å². The van der Waals surface area contributed by atoms with E-state index < -0.39 is 0 Å². The minimum absolute atomic E-state index is 0.226. The van der Waals surface area contributed by atoms with Crippen LogP contribution in [0.5, 0.6) is 0 Å². The number of nitrogens with one attached hydrogen (secondary N) is 1. The first-order chi connectivity index (χ1) is 9.91. The van der Waals surface area contributed by atoms with Crippen LogP contribution in [0.25, 0.3) is 0 Å². The van der Waals surface area contributed by atoms with Crippen LogP contribution in [-0.2, 0) is 4.79 Å². The standard InChI is InChI=1S/C16H32N4O/c1-14(15-12-17-13-15)16(21)20(10-6-8-18(2)3)11-7-9-19(4)5/h17H,6-13H2,1-5H3. The van der Waals surface area contributed by atoms with E-state index in [1.807, 2.05) is 11.8 Å². The van der Waals surface area contributed by atoms with Crippen molar-refractivity contribution in [3.63, 3.8) is 0 Å². The average Bonchev–Trinajstić information content (AvgIpc) is 2.33. The van der Waals surface area contributed by atoms with Gasteiger partial charge in [0.15, 0.2) is 0 Å². The summed E-state index contributed by atoms with van der Waals surface area (Å²) in [6, 6.07) is 0. The van der Waals surface area contributed by atoms with Crippen LogP contribution in [0.3, 0.4) is 0 Å². The van der Waals surface area contributed by atoms with E-state index in [0.29, 0.717) is 0 Å². The highest BCUT2D eigenvalue weighted by Crippen LogP contribution is 2.12. The summed E-state index contributed by atoms with van der Waals surface area (Å²) in [5.41, 5.74) is 2.22. The lowest BCUT2D eigenvalue weighted by atomic mass is 10.0. The van der Waals surface area contributed by atoms with Crippen LogP contribution in [-0.4, -0.2) is 88.1 Å². The summed E-state index contributed by atoms with van der Waals surface area (Å²) in [7, 11) is 8.30. The molecule has 122 valence electrons. The molecule has 0 spiro atoms. The van der Waals surface area contributed by atoms with Gasteiger partial charge in [-0.05, 0) is 66.6 Å². The van der Waals surface area contributed by atoms with Gasteiger partial charge in [0.2, 0.25) is 5.91 Å². The van der Waals surface area contributed by atoms with Crippen molar-refractivity contribution in [3.8, 4) is 0 Å². The van der Waals surface area contributed by atoms with E-state index in [1.54, 1.807) is 0 Å². The van der Waals surface area contributed by atoms with Crippen LogP contribution in [0.1, 0.15) is 19.8 Å². The molecule has 1 fully saturated rings. The lowest BCUT2D eigenvalue weighted by Gasteiger charge is -2.28. The summed E-state index contributed by atoms with van der Waals surface area (Å²) >= 11 is 0. The van der Waals surface area contributed by atoms with Crippen LogP contribution in [0.4, 0.5) is 0 Å². The van der Waals surface area contributed by atoms with E-state index in [1.165, 1.54) is 5.57 Å². The fourth-order valence-electron chi connectivity index (χ4n) is 2.37. The highest BCUT2D eigenvalue weighted by molar-refractivity contribution is 5.94. The van der Waals surface area contributed by atoms with Crippen LogP contribution >= 0.6 is 0 Å². The SMILES string of the molecule is CC(C(=O)N(CCCN(C)C)CCCN(C)C)=C1CNC1. The smallest absolute Gasteiger partial charge is 0.249 e. The highest BCUT2D eigenvalue weighted by atomic mass is 16.2. The molecule has 1 amide bonds. The highest BCUT2D eigenvalue weighted by Gasteiger charge is 2.20. The Morgan fingerprint density at radius 1 is 0.952 bits per heavy atom. The summed E-state index contributed by atoms with van der Waals surface area (Å²) in [5.74, 6) is 0.226. The van der Waals surface area contributed by atoms with E-state index in [9.17, 15) is 4.79 Å². The van der Waals surface area contributed by atoms with Gasteiger partial charge in [-0.15, -0.1) is 0 Å². The molecule has 0 atom stereocenters. The van der Waals surface area contributed by atoms with Gasteiger partial charge in [0.25, 0.3) is 0 Å². The monoisotopic (exact) mass is 296 g/mol. The Labute approximate surface area is 130 Å². The predicted octanol–water partition coefficient (Wildman–Crippen LogP) is 0.638. The summed E-state index contributed by atoms with van der Waals surface area (Å²) < 4.78 is 0. The van der Waals surface area contributed by atoms with Crippen molar-refractivity contribution in [2.45, 2.75) is 19.8 Å². The molecule has 0 radical (unpaired) electrons. The molecule has 0 aromatic rings. The Bertz CT molecular complexity index is 343. The second-order valence-electron chi connectivity index (χ2n) is 6.44. The quantitative estimate of drug-likeness (QED) is 0.634. The Morgan fingerprint density at radius 3 is 1.76 bits per heavy atom. The molecule has 0 unspecified atom stereocenters. The maximum Gasteiger partial charge on any atom is 0.249 e. The van der Waals surface area contributed by atoms with Crippen LogP contribution < -0.4 is 5.32 Å². The first-order valence-corrected chi connectivity index (χ1v) is 7.90. The third-order valence-corrected chi connectivity index (χ3v) is 3.88. The second-order valence-corrected chi connectivity index (χ2v) is 6.44. The predicted molar refractivity (Wildman–Crippen MR) is 88.5 cm³/mol. The van der Waals surface area contributed by atoms with Gasteiger partial charge in [-0.2, -0.15) is 0 Å². The number of hydrogen-bond acceptors (Lipinski definition) is 4.